The summed E-state index contributed by atoms with van der Waals surface area (Å²) in [5, 5.41) is 7.33. The van der Waals surface area contributed by atoms with Crippen molar-refractivity contribution < 1.29 is 4.52 Å². The van der Waals surface area contributed by atoms with Crippen molar-refractivity contribution in [1.29, 1.82) is 0 Å². The average Bonchev–Trinajstić information content (AvgIpc) is 2.54. The lowest BCUT2D eigenvalue weighted by molar-refractivity contribution is 0.393. The summed E-state index contributed by atoms with van der Waals surface area (Å²) in [6.07, 6.45) is 2.20. The third-order valence-corrected chi connectivity index (χ3v) is 2.74. The van der Waals surface area contributed by atoms with Gasteiger partial charge in [-0.05, 0) is 32.4 Å². The van der Waals surface area contributed by atoms with Gasteiger partial charge in [-0.2, -0.15) is 0 Å². The Morgan fingerprint density at radius 2 is 2.12 bits per heavy atom. The third-order valence-electron chi connectivity index (χ3n) is 2.74. The molecule has 0 saturated carbocycles. The number of hydrogen-bond donors (Lipinski definition) is 1. The highest BCUT2D eigenvalue weighted by Gasteiger charge is 2.09. The molecule has 0 aromatic carbocycles. The second kappa shape index (κ2) is 5.85. The molecule has 90 valence electrons. The lowest BCUT2D eigenvalue weighted by atomic mass is 9.99. The lowest BCUT2D eigenvalue weighted by Crippen LogP contribution is -2.18. The first-order valence-electron chi connectivity index (χ1n) is 5.90. The van der Waals surface area contributed by atoms with Crippen LogP contribution in [0.2, 0.25) is 0 Å². The molecule has 1 aromatic heterocycles. The summed E-state index contributed by atoms with van der Waals surface area (Å²) < 4.78 is 5.17. The molecule has 1 rings (SSSR count). The summed E-state index contributed by atoms with van der Waals surface area (Å²) in [4.78, 5) is 0. The van der Waals surface area contributed by atoms with Gasteiger partial charge < -0.3 is 9.84 Å². The van der Waals surface area contributed by atoms with Gasteiger partial charge in [-0.15, -0.1) is 0 Å². The molecule has 0 amide bonds. The first-order valence-corrected chi connectivity index (χ1v) is 5.90. The largest absolute Gasteiger partial charge is 0.361 e. The first kappa shape index (κ1) is 13.0. The molecule has 0 unspecified atom stereocenters. The predicted molar refractivity (Wildman–Crippen MR) is 67.3 cm³/mol. The second-order valence-electron chi connectivity index (χ2n) is 4.39. The van der Waals surface area contributed by atoms with Crippen LogP contribution in [-0.4, -0.2) is 18.2 Å². The number of nitrogens with one attached hydrogen (secondary N) is 1. The molecule has 1 N–H and O–H groups in total. The minimum atomic E-state index is 0.535. The average molecular weight is 222 g/mol. The maximum Gasteiger partial charge on any atom is 0.141 e. The van der Waals surface area contributed by atoms with E-state index in [4.69, 9.17) is 4.52 Å². The van der Waals surface area contributed by atoms with Crippen LogP contribution in [0, 0.1) is 19.8 Å². The molecule has 1 aromatic rings. The quantitative estimate of drug-likeness (QED) is 0.832. The van der Waals surface area contributed by atoms with Gasteiger partial charge in [-0.1, -0.05) is 31.5 Å². The summed E-state index contributed by atoms with van der Waals surface area (Å²) in [5.74, 6) is 1.43. The fourth-order valence-corrected chi connectivity index (χ4v) is 1.57. The lowest BCUT2D eigenvalue weighted by Gasteiger charge is -2.11. The Morgan fingerprint density at radius 1 is 1.44 bits per heavy atom. The number of hydrogen-bond acceptors (Lipinski definition) is 3. The third kappa shape index (κ3) is 3.20. The Morgan fingerprint density at radius 3 is 2.56 bits per heavy atom. The van der Waals surface area contributed by atoms with Crippen LogP contribution in [0.15, 0.2) is 10.1 Å². The summed E-state index contributed by atoms with van der Waals surface area (Å²) >= 11 is 0. The topological polar surface area (TPSA) is 38.1 Å². The van der Waals surface area contributed by atoms with Crippen LogP contribution < -0.4 is 5.32 Å². The van der Waals surface area contributed by atoms with E-state index in [1.54, 1.807) is 0 Å². The van der Waals surface area contributed by atoms with Gasteiger partial charge >= 0.3 is 0 Å². The highest BCUT2D eigenvalue weighted by molar-refractivity contribution is 5.57. The maximum absolute atomic E-state index is 5.17. The molecule has 0 spiro atoms. The normalized spacial score (nSPS) is 12.5. The van der Waals surface area contributed by atoms with Gasteiger partial charge in [-0.25, -0.2) is 0 Å². The Hall–Kier alpha value is -1.09. The molecule has 1 heterocycles. The number of aromatic nitrogens is 1. The van der Waals surface area contributed by atoms with Crippen molar-refractivity contribution in [2.75, 3.05) is 13.1 Å². The minimum Gasteiger partial charge on any atom is -0.361 e. The van der Waals surface area contributed by atoms with Crippen molar-refractivity contribution >= 4 is 6.08 Å². The van der Waals surface area contributed by atoms with E-state index in [0.717, 1.165) is 30.1 Å². The summed E-state index contributed by atoms with van der Waals surface area (Å²) in [7, 11) is 0. The van der Waals surface area contributed by atoms with Crippen LogP contribution in [0.5, 0.6) is 0 Å². The molecule has 3 heteroatoms. The molecule has 0 aliphatic carbocycles. The standard InChI is InChI=1S/C13H22N2O/c1-6-14-8-12(9(2)3)7-13-10(4)15-16-11(13)5/h7,9,14H,6,8H2,1-5H3. The van der Waals surface area contributed by atoms with Crippen LogP contribution in [0.4, 0.5) is 0 Å². The van der Waals surface area contributed by atoms with Gasteiger partial charge in [0.1, 0.15) is 5.76 Å². The summed E-state index contributed by atoms with van der Waals surface area (Å²) in [5.41, 5.74) is 3.48. The van der Waals surface area contributed by atoms with Gasteiger partial charge in [0.15, 0.2) is 0 Å². The SMILES string of the molecule is CCNCC(=Cc1c(C)noc1C)C(C)C. The van der Waals surface area contributed by atoms with Crippen LogP contribution in [0.25, 0.3) is 6.08 Å². The van der Waals surface area contributed by atoms with E-state index in [0.29, 0.717) is 5.92 Å². The van der Waals surface area contributed by atoms with Gasteiger partial charge in [0.25, 0.3) is 0 Å². The molecule has 0 fully saturated rings. The van der Waals surface area contributed by atoms with E-state index in [1.165, 1.54) is 5.57 Å². The van der Waals surface area contributed by atoms with E-state index < -0.39 is 0 Å². The Labute approximate surface area is 97.9 Å². The van der Waals surface area contributed by atoms with Gasteiger partial charge in [0, 0.05) is 12.1 Å². The van der Waals surface area contributed by atoms with E-state index in [-0.39, 0.29) is 0 Å². The van der Waals surface area contributed by atoms with E-state index in [9.17, 15) is 0 Å². The minimum absolute atomic E-state index is 0.535. The van der Waals surface area contributed by atoms with Gasteiger partial charge in [0.05, 0.1) is 5.69 Å². The van der Waals surface area contributed by atoms with Crippen molar-refractivity contribution in [1.82, 2.24) is 10.5 Å². The Balaban J connectivity index is 2.93. The summed E-state index contributed by atoms with van der Waals surface area (Å²) in [6.45, 7) is 12.4. The summed E-state index contributed by atoms with van der Waals surface area (Å²) in [6, 6.07) is 0. The molecule has 0 saturated heterocycles. The van der Waals surface area contributed by atoms with Crippen LogP contribution in [-0.2, 0) is 0 Å². The maximum atomic E-state index is 5.17. The fourth-order valence-electron chi connectivity index (χ4n) is 1.57. The number of nitrogens with zero attached hydrogens (tertiary/aromatic N) is 1. The van der Waals surface area contributed by atoms with Crippen molar-refractivity contribution in [2.45, 2.75) is 34.6 Å². The van der Waals surface area contributed by atoms with E-state index in [2.05, 4.69) is 37.3 Å². The molecule has 0 aliphatic rings. The van der Waals surface area contributed by atoms with Crippen LogP contribution in [0.3, 0.4) is 0 Å². The number of likely N-dealkylation sites (N-methyl/N-ethyl adjacent to an activating group) is 1. The number of aryl methyl sites for hydroxylation is 2. The molecule has 3 nitrogen and oxygen atoms in total. The first-order chi connectivity index (χ1) is 7.56. The van der Waals surface area contributed by atoms with Crippen LogP contribution >= 0.6 is 0 Å². The zero-order valence-electron chi connectivity index (χ0n) is 10.9. The van der Waals surface area contributed by atoms with E-state index >= 15 is 0 Å². The van der Waals surface area contributed by atoms with E-state index in [1.807, 2.05) is 13.8 Å². The molecule has 0 aliphatic heterocycles. The highest BCUT2D eigenvalue weighted by Crippen LogP contribution is 2.19. The van der Waals surface area contributed by atoms with Crippen molar-refractivity contribution in [3.63, 3.8) is 0 Å². The predicted octanol–water partition coefficient (Wildman–Crippen LogP) is 2.94. The van der Waals surface area contributed by atoms with Gasteiger partial charge in [0.2, 0.25) is 0 Å². The van der Waals surface area contributed by atoms with Crippen molar-refractivity contribution in [3.8, 4) is 0 Å². The Bertz CT molecular complexity index is 345. The van der Waals surface area contributed by atoms with Gasteiger partial charge in [-0.3, -0.25) is 0 Å². The monoisotopic (exact) mass is 222 g/mol. The number of rotatable bonds is 5. The fraction of sp³-hybridized carbons (Fsp3) is 0.615. The van der Waals surface area contributed by atoms with Crippen molar-refractivity contribution in [3.05, 3.63) is 22.6 Å². The molecule has 16 heavy (non-hydrogen) atoms. The molecule has 0 radical (unpaired) electrons. The zero-order valence-corrected chi connectivity index (χ0v) is 10.9. The molecular weight excluding hydrogens is 200 g/mol. The zero-order chi connectivity index (χ0) is 12.1. The molecule has 0 bridgehead atoms. The Kier molecular flexibility index (Phi) is 4.74. The molecule has 0 atom stereocenters. The van der Waals surface area contributed by atoms with Crippen molar-refractivity contribution in [2.24, 2.45) is 5.92 Å². The smallest absolute Gasteiger partial charge is 0.141 e. The second-order valence-corrected chi connectivity index (χ2v) is 4.39. The molecular formula is C13H22N2O. The highest BCUT2D eigenvalue weighted by atomic mass is 16.5. The van der Waals surface area contributed by atoms with Crippen LogP contribution in [0.1, 0.15) is 37.8 Å².